The monoisotopic (exact) mass is 390 g/mol. The van der Waals surface area contributed by atoms with Crippen LogP contribution in [-0.2, 0) is 4.79 Å². The maximum absolute atomic E-state index is 12.3. The van der Waals surface area contributed by atoms with Crippen molar-refractivity contribution < 1.29 is 9.53 Å². The van der Waals surface area contributed by atoms with Crippen molar-refractivity contribution >= 4 is 23.4 Å². The van der Waals surface area contributed by atoms with Crippen LogP contribution in [0, 0.1) is 18.3 Å². The normalized spacial score (nSPS) is 10.2. The van der Waals surface area contributed by atoms with Gasteiger partial charge in [-0.2, -0.15) is 5.26 Å². The minimum Gasteiger partial charge on any atom is -0.497 e. The number of methoxy groups -OCH3 is 1. The molecule has 0 spiro atoms. The summed E-state index contributed by atoms with van der Waals surface area (Å²) in [6, 6.07) is 18.5. The molecule has 2 aromatic carbocycles. The molecule has 140 valence electrons. The van der Waals surface area contributed by atoms with Gasteiger partial charge >= 0.3 is 0 Å². The van der Waals surface area contributed by atoms with E-state index in [0.717, 1.165) is 22.7 Å². The molecule has 6 nitrogen and oxygen atoms in total. The molecule has 28 heavy (non-hydrogen) atoms. The molecule has 0 aliphatic carbocycles. The number of carbonyl (C=O) groups excluding carboxylic acids is 1. The van der Waals surface area contributed by atoms with E-state index in [1.165, 1.54) is 11.8 Å². The number of para-hydroxylation sites is 1. The maximum atomic E-state index is 12.3. The first kappa shape index (κ1) is 19.4. The molecule has 0 saturated heterocycles. The molecule has 1 N–H and O–H groups in total. The first-order valence-corrected chi connectivity index (χ1v) is 9.49. The van der Waals surface area contributed by atoms with Gasteiger partial charge in [-0.3, -0.25) is 4.79 Å². The van der Waals surface area contributed by atoms with Crippen molar-refractivity contribution in [1.82, 2.24) is 9.97 Å². The molecule has 1 heterocycles. The van der Waals surface area contributed by atoms with Gasteiger partial charge in [-0.15, -0.1) is 0 Å². The minimum atomic E-state index is -0.219. The second-order valence-corrected chi connectivity index (χ2v) is 6.84. The molecule has 0 radical (unpaired) electrons. The fourth-order valence-electron chi connectivity index (χ4n) is 2.52. The Balaban J connectivity index is 1.69. The average Bonchev–Trinajstić information content (AvgIpc) is 2.72. The van der Waals surface area contributed by atoms with Gasteiger partial charge in [0.1, 0.15) is 11.8 Å². The maximum Gasteiger partial charge on any atom is 0.234 e. The third-order valence-corrected chi connectivity index (χ3v) is 4.72. The molecule has 0 aliphatic rings. The van der Waals surface area contributed by atoms with E-state index < -0.39 is 0 Å². The number of nitrogens with one attached hydrogen (secondary N) is 1. The second-order valence-electron chi connectivity index (χ2n) is 5.90. The van der Waals surface area contributed by atoms with Gasteiger partial charge in [-0.1, -0.05) is 23.9 Å². The highest BCUT2D eigenvalue weighted by Crippen LogP contribution is 2.24. The SMILES string of the molecule is COc1ccc(-c2cc(C)nc(SCC(=O)Nc3ccccc3C#N)n2)cc1. The third kappa shape index (κ3) is 4.87. The summed E-state index contributed by atoms with van der Waals surface area (Å²) in [5.74, 6) is 0.702. The highest BCUT2D eigenvalue weighted by molar-refractivity contribution is 7.99. The average molecular weight is 390 g/mol. The number of thioether (sulfide) groups is 1. The number of nitrogens with zero attached hydrogens (tertiary/aromatic N) is 3. The Morgan fingerprint density at radius 1 is 1.18 bits per heavy atom. The van der Waals surface area contributed by atoms with Crippen molar-refractivity contribution in [2.24, 2.45) is 0 Å². The first-order valence-electron chi connectivity index (χ1n) is 8.51. The van der Waals surface area contributed by atoms with E-state index in [1.807, 2.05) is 37.3 Å². The number of aryl methyl sites for hydroxylation is 1. The summed E-state index contributed by atoms with van der Waals surface area (Å²) in [4.78, 5) is 21.2. The fourth-order valence-corrected chi connectivity index (χ4v) is 3.23. The van der Waals surface area contributed by atoms with Crippen LogP contribution in [0.15, 0.2) is 59.8 Å². The number of anilines is 1. The first-order chi connectivity index (χ1) is 13.6. The van der Waals surface area contributed by atoms with Crippen molar-refractivity contribution in [3.63, 3.8) is 0 Å². The number of rotatable bonds is 6. The van der Waals surface area contributed by atoms with E-state index >= 15 is 0 Å². The van der Waals surface area contributed by atoms with Gasteiger partial charge in [0.05, 0.1) is 29.8 Å². The van der Waals surface area contributed by atoms with Crippen LogP contribution in [0.25, 0.3) is 11.3 Å². The van der Waals surface area contributed by atoms with E-state index in [0.29, 0.717) is 16.4 Å². The highest BCUT2D eigenvalue weighted by atomic mass is 32.2. The molecule has 0 bridgehead atoms. The van der Waals surface area contributed by atoms with Crippen LogP contribution in [0.5, 0.6) is 5.75 Å². The van der Waals surface area contributed by atoms with Gasteiger partial charge in [0.2, 0.25) is 5.91 Å². The second kappa shape index (κ2) is 9.02. The molecule has 1 aromatic heterocycles. The van der Waals surface area contributed by atoms with Crippen LogP contribution in [0.4, 0.5) is 5.69 Å². The van der Waals surface area contributed by atoms with Crippen LogP contribution < -0.4 is 10.1 Å². The lowest BCUT2D eigenvalue weighted by molar-refractivity contribution is -0.113. The Hall–Kier alpha value is -3.37. The number of amides is 1. The molecule has 0 unspecified atom stereocenters. The lowest BCUT2D eigenvalue weighted by Crippen LogP contribution is -2.15. The van der Waals surface area contributed by atoms with E-state index in [9.17, 15) is 4.79 Å². The van der Waals surface area contributed by atoms with Crippen molar-refractivity contribution in [3.8, 4) is 23.1 Å². The van der Waals surface area contributed by atoms with Crippen LogP contribution in [0.1, 0.15) is 11.3 Å². The van der Waals surface area contributed by atoms with Crippen molar-refractivity contribution in [2.45, 2.75) is 12.1 Å². The minimum absolute atomic E-state index is 0.144. The Kier molecular flexibility index (Phi) is 6.25. The summed E-state index contributed by atoms with van der Waals surface area (Å²) in [5.41, 5.74) is 3.47. The smallest absolute Gasteiger partial charge is 0.234 e. The Morgan fingerprint density at radius 3 is 2.64 bits per heavy atom. The number of benzene rings is 2. The zero-order valence-corrected chi connectivity index (χ0v) is 16.3. The molecule has 3 aromatic rings. The molecule has 1 amide bonds. The summed E-state index contributed by atoms with van der Waals surface area (Å²) in [5, 5.41) is 12.4. The summed E-state index contributed by atoms with van der Waals surface area (Å²) in [6.07, 6.45) is 0. The van der Waals surface area contributed by atoms with E-state index in [1.54, 1.807) is 31.4 Å². The van der Waals surface area contributed by atoms with Gasteiger partial charge in [-0.05, 0) is 49.4 Å². The number of nitriles is 1. The quantitative estimate of drug-likeness (QED) is 0.504. The number of aromatic nitrogens is 2. The highest BCUT2D eigenvalue weighted by Gasteiger charge is 2.10. The van der Waals surface area contributed by atoms with Gasteiger partial charge in [0.15, 0.2) is 5.16 Å². The zero-order chi connectivity index (χ0) is 19.9. The Labute approximate surface area is 167 Å². The molecular weight excluding hydrogens is 372 g/mol. The summed E-state index contributed by atoms with van der Waals surface area (Å²) in [7, 11) is 1.62. The zero-order valence-electron chi connectivity index (χ0n) is 15.5. The van der Waals surface area contributed by atoms with Crippen molar-refractivity contribution in [1.29, 1.82) is 5.26 Å². The van der Waals surface area contributed by atoms with Crippen LogP contribution in [-0.4, -0.2) is 28.7 Å². The predicted octanol–water partition coefficient (Wildman–Crippen LogP) is 4.06. The van der Waals surface area contributed by atoms with Crippen molar-refractivity contribution in [3.05, 3.63) is 65.9 Å². The van der Waals surface area contributed by atoms with Crippen molar-refractivity contribution in [2.75, 3.05) is 18.2 Å². The van der Waals surface area contributed by atoms with Gasteiger partial charge in [0.25, 0.3) is 0 Å². The van der Waals surface area contributed by atoms with Crippen LogP contribution in [0.2, 0.25) is 0 Å². The largest absolute Gasteiger partial charge is 0.497 e. The topological polar surface area (TPSA) is 87.9 Å². The summed E-state index contributed by atoms with van der Waals surface area (Å²) < 4.78 is 5.18. The summed E-state index contributed by atoms with van der Waals surface area (Å²) >= 11 is 1.25. The molecule has 0 atom stereocenters. The Morgan fingerprint density at radius 2 is 1.93 bits per heavy atom. The van der Waals surface area contributed by atoms with Crippen LogP contribution in [0.3, 0.4) is 0 Å². The standard InChI is InChI=1S/C21H18N4O2S/c1-14-11-19(15-7-9-17(27-2)10-8-15)25-21(23-14)28-13-20(26)24-18-6-4-3-5-16(18)12-22/h3-11H,13H2,1-2H3,(H,24,26). The lowest BCUT2D eigenvalue weighted by Gasteiger charge is -2.08. The van der Waals surface area contributed by atoms with E-state index in [4.69, 9.17) is 10.00 Å². The molecule has 0 saturated carbocycles. The fraction of sp³-hybridized carbons (Fsp3) is 0.143. The third-order valence-electron chi connectivity index (χ3n) is 3.87. The summed E-state index contributed by atoms with van der Waals surface area (Å²) in [6.45, 7) is 1.89. The number of hydrogen-bond acceptors (Lipinski definition) is 6. The number of hydrogen-bond donors (Lipinski definition) is 1. The van der Waals surface area contributed by atoms with E-state index in [-0.39, 0.29) is 11.7 Å². The van der Waals surface area contributed by atoms with E-state index in [2.05, 4.69) is 21.4 Å². The lowest BCUT2D eigenvalue weighted by atomic mass is 10.1. The molecule has 3 rings (SSSR count). The van der Waals surface area contributed by atoms with Gasteiger partial charge < -0.3 is 10.1 Å². The van der Waals surface area contributed by atoms with Gasteiger partial charge in [0, 0.05) is 11.3 Å². The van der Waals surface area contributed by atoms with Crippen LogP contribution >= 0.6 is 11.8 Å². The molecule has 0 aliphatic heterocycles. The molecule has 7 heteroatoms. The molecule has 0 fully saturated rings. The Bertz CT molecular complexity index is 1030. The number of carbonyl (C=O) groups is 1. The predicted molar refractivity (Wildman–Crippen MR) is 109 cm³/mol. The molecular formula is C21H18N4O2S. The number of ether oxygens (including phenoxy) is 1. The van der Waals surface area contributed by atoms with Gasteiger partial charge in [-0.25, -0.2) is 9.97 Å².